The van der Waals surface area contributed by atoms with Gasteiger partial charge >= 0.3 is 0 Å². The zero-order valence-corrected chi connectivity index (χ0v) is 9.19. The molecule has 0 radical (unpaired) electrons. The number of halogens is 3. The number of hydrogen-bond donors (Lipinski definition) is 0. The third-order valence-corrected chi connectivity index (χ3v) is 2.90. The van der Waals surface area contributed by atoms with E-state index in [4.69, 9.17) is 4.74 Å². The summed E-state index contributed by atoms with van der Waals surface area (Å²) in [7, 11) is 0. The molecular weight excluding hydrogens is 217 g/mol. The van der Waals surface area contributed by atoms with E-state index in [0.717, 1.165) is 6.42 Å². The molecule has 88 valence electrons. The monoisotopic (exact) mass is 230 g/mol. The summed E-state index contributed by atoms with van der Waals surface area (Å²) in [6.45, 7) is 3.31. The highest BCUT2D eigenvalue weighted by Crippen LogP contribution is 2.37. The lowest BCUT2D eigenvalue weighted by atomic mass is 9.97. The standard InChI is InChI=1S/C12H13F3O/c1-6-5-8-4-3-7(2)16-11(8)10(13)9(6)12(14)15/h5,7,12H,3-4H2,1-2H3. The molecule has 1 unspecified atom stereocenters. The maximum Gasteiger partial charge on any atom is 0.267 e. The van der Waals surface area contributed by atoms with E-state index >= 15 is 0 Å². The van der Waals surface area contributed by atoms with E-state index in [1.807, 2.05) is 6.92 Å². The molecule has 0 aromatic heterocycles. The number of rotatable bonds is 1. The molecule has 0 spiro atoms. The van der Waals surface area contributed by atoms with Gasteiger partial charge in [-0.15, -0.1) is 0 Å². The lowest BCUT2D eigenvalue weighted by Gasteiger charge is -2.25. The fourth-order valence-corrected chi connectivity index (χ4v) is 2.04. The van der Waals surface area contributed by atoms with Crippen molar-refractivity contribution in [2.75, 3.05) is 0 Å². The van der Waals surface area contributed by atoms with Crippen molar-refractivity contribution in [3.05, 3.63) is 28.6 Å². The summed E-state index contributed by atoms with van der Waals surface area (Å²) in [6.07, 6.45) is -1.45. The van der Waals surface area contributed by atoms with Crippen molar-refractivity contribution in [2.24, 2.45) is 0 Å². The molecule has 1 heterocycles. The van der Waals surface area contributed by atoms with Gasteiger partial charge in [-0.25, -0.2) is 13.2 Å². The molecule has 1 nitrogen and oxygen atoms in total. The Kier molecular flexibility index (Phi) is 2.82. The smallest absolute Gasteiger partial charge is 0.267 e. The molecule has 1 aliphatic rings. The largest absolute Gasteiger partial charge is 0.487 e. The lowest BCUT2D eigenvalue weighted by Crippen LogP contribution is -2.21. The van der Waals surface area contributed by atoms with Crippen LogP contribution < -0.4 is 4.74 Å². The number of benzene rings is 1. The van der Waals surface area contributed by atoms with E-state index in [1.165, 1.54) is 6.92 Å². The molecule has 0 amide bonds. The normalized spacial score (nSPS) is 19.5. The molecule has 0 bridgehead atoms. The van der Waals surface area contributed by atoms with Crippen molar-refractivity contribution in [1.29, 1.82) is 0 Å². The van der Waals surface area contributed by atoms with E-state index in [9.17, 15) is 13.2 Å². The van der Waals surface area contributed by atoms with Crippen LogP contribution >= 0.6 is 0 Å². The molecule has 1 aromatic rings. The first-order valence-electron chi connectivity index (χ1n) is 5.27. The van der Waals surface area contributed by atoms with Gasteiger partial charge in [0.05, 0.1) is 11.7 Å². The van der Waals surface area contributed by atoms with E-state index in [-0.39, 0.29) is 11.9 Å². The van der Waals surface area contributed by atoms with Crippen LogP contribution in [0, 0.1) is 12.7 Å². The molecule has 1 aliphatic heterocycles. The maximum atomic E-state index is 13.8. The highest BCUT2D eigenvalue weighted by molar-refractivity contribution is 5.45. The van der Waals surface area contributed by atoms with Crippen molar-refractivity contribution >= 4 is 0 Å². The van der Waals surface area contributed by atoms with Crippen molar-refractivity contribution in [1.82, 2.24) is 0 Å². The Morgan fingerprint density at radius 3 is 2.75 bits per heavy atom. The summed E-state index contributed by atoms with van der Waals surface area (Å²) < 4.78 is 44.5. The molecule has 2 rings (SSSR count). The SMILES string of the molecule is Cc1cc2c(c(F)c1C(F)F)OC(C)CC2. The minimum Gasteiger partial charge on any atom is -0.487 e. The first-order chi connectivity index (χ1) is 7.50. The summed E-state index contributed by atoms with van der Waals surface area (Å²) in [6, 6.07) is 1.60. The van der Waals surface area contributed by atoms with Crippen LogP contribution in [0.4, 0.5) is 13.2 Å². The number of fused-ring (bicyclic) bond motifs is 1. The van der Waals surface area contributed by atoms with Crippen molar-refractivity contribution in [3.8, 4) is 5.75 Å². The van der Waals surface area contributed by atoms with E-state index in [0.29, 0.717) is 17.5 Å². The Labute approximate surface area is 92.2 Å². The van der Waals surface area contributed by atoms with Gasteiger partial charge in [0.25, 0.3) is 6.43 Å². The van der Waals surface area contributed by atoms with E-state index in [1.54, 1.807) is 6.07 Å². The summed E-state index contributed by atoms with van der Waals surface area (Å²) in [5.41, 5.74) is 0.453. The number of aryl methyl sites for hydroxylation is 2. The third-order valence-electron chi connectivity index (χ3n) is 2.90. The summed E-state index contributed by atoms with van der Waals surface area (Å²) >= 11 is 0. The van der Waals surface area contributed by atoms with Gasteiger partial charge in [-0.05, 0) is 37.8 Å². The summed E-state index contributed by atoms with van der Waals surface area (Å²) in [5.74, 6) is -0.879. The Morgan fingerprint density at radius 1 is 1.44 bits per heavy atom. The Balaban J connectivity index is 2.56. The van der Waals surface area contributed by atoms with Crippen molar-refractivity contribution in [2.45, 2.75) is 39.2 Å². The van der Waals surface area contributed by atoms with Crippen LogP contribution in [-0.4, -0.2) is 6.10 Å². The quantitative estimate of drug-likeness (QED) is 0.713. The van der Waals surface area contributed by atoms with E-state index < -0.39 is 17.8 Å². The zero-order valence-electron chi connectivity index (χ0n) is 9.19. The third kappa shape index (κ3) is 1.77. The van der Waals surface area contributed by atoms with E-state index in [2.05, 4.69) is 0 Å². The van der Waals surface area contributed by atoms with Gasteiger partial charge in [0.2, 0.25) is 0 Å². The molecule has 0 saturated heterocycles. The molecular formula is C12H13F3O. The predicted octanol–water partition coefficient (Wildman–Crippen LogP) is 3.79. The second kappa shape index (κ2) is 4.00. The molecule has 4 heteroatoms. The number of alkyl halides is 2. The first-order valence-corrected chi connectivity index (χ1v) is 5.27. The summed E-state index contributed by atoms with van der Waals surface area (Å²) in [5, 5.41) is 0. The first kappa shape index (κ1) is 11.3. The minimum absolute atomic E-state index is 0.0136. The molecule has 0 saturated carbocycles. The van der Waals surface area contributed by atoms with Crippen molar-refractivity contribution in [3.63, 3.8) is 0 Å². The van der Waals surface area contributed by atoms with Crippen molar-refractivity contribution < 1.29 is 17.9 Å². The fourth-order valence-electron chi connectivity index (χ4n) is 2.04. The topological polar surface area (TPSA) is 9.23 Å². The van der Waals surface area contributed by atoms with Crippen LogP contribution in [0.15, 0.2) is 6.07 Å². The van der Waals surface area contributed by atoms with Gasteiger partial charge in [-0.2, -0.15) is 0 Å². The van der Waals surface area contributed by atoms with Gasteiger partial charge < -0.3 is 4.74 Å². The highest BCUT2D eigenvalue weighted by atomic mass is 19.3. The molecule has 0 fully saturated rings. The fraction of sp³-hybridized carbons (Fsp3) is 0.500. The Bertz CT molecular complexity index is 415. The zero-order chi connectivity index (χ0) is 11.9. The van der Waals surface area contributed by atoms with Crippen LogP contribution in [-0.2, 0) is 6.42 Å². The molecule has 16 heavy (non-hydrogen) atoms. The molecule has 1 atom stereocenters. The van der Waals surface area contributed by atoms with Crippen LogP contribution in [0.2, 0.25) is 0 Å². The van der Waals surface area contributed by atoms with Gasteiger partial charge in [-0.1, -0.05) is 6.07 Å². The van der Waals surface area contributed by atoms with Crippen LogP contribution in [0.5, 0.6) is 5.75 Å². The summed E-state index contributed by atoms with van der Waals surface area (Å²) in [4.78, 5) is 0. The minimum atomic E-state index is -2.80. The van der Waals surface area contributed by atoms with Crippen LogP contribution in [0.1, 0.15) is 36.5 Å². The predicted molar refractivity (Wildman–Crippen MR) is 54.5 cm³/mol. The van der Waals surface area contributed by atoms with Gasteiger partial charge in [0.15, 0.2) is 11.6 Å². The highest BCUT2D eigenvalue weighted by Gasteiger charge is 2.27. The maximum absolute atomic E-state index is 13.8. The van der Waals surface area contributed by atoms with Gasteiger partial charge in [0.1, 0.15) is 0 Å². The molecule has 0 aliphatic carbocycles. The average Bonchev–Trinajstić information content (AvgIpc) is 2.19. The second-order valence-corrected chi connectivity index (χ2v) is 4.18. The molecule has 1 aromatic carbocycles. The van der Waals surface area contributed by atoms with Gasteiger partial charge in [0, 0.05) is 0 Å². The lowest BCUT2D eigenvalue weighted by molar-refractivity contribution is 0.139. The molecule has 0 N–H and O–H groups in total. The number of hydrogen-bond acceptors (Lipinski definition) is 1. The Hall–Kier alpha value is -1.19. The average molecular weight is 230 g/mol. The van der Waals surface area contributed by atoms with Crippen LogP contribution in [0.25, 0.3) is 0 Å². The Morgan fingerprint density at radius 2 is 2.12 bits per heavy atom. The second-order valence-electron chi connectivity index (χ2n) is 4.18. The number of ether oxygens (including phenoxy) is 1. The van der Waals surface area contributed by atoms with Crippen LogP contribution in [0.3, 0.4) is 0 Å². The van der Waals surface area contributed by atoms with Gasteiger partial charge in [-0.3, -0.25) is 0 Å².